The fraction of sp³-hybridized carbons (Fsp3) is 0.857. The molecule has 0 spiro atoms. The molecule has 0 N–H and O–H groups in total. The Labute approximate surface area is 55.2 Å². The summed E-state index contributed by atoms with van der Waals surface area (Å²) >= 11 is 0. The Morgan fingerprint density at radius 1 is 1.67 bits per heavy atom. The van der Waals surface area contributed by atoms with E-state index in [2.05, 4.69) is 13.8 Å². The van der Waals surface area contributed by atoms with Crippen LogP contribution in [0.25, 0.3) is 0 Å². The van der Waals surface area contributed by atoms with Gasteiger partial charge in [-0.1, -0.05) is 13.8 Å². The van der Waals surface area contributed by atoms with E-state index in [0.717, 1.165) is 19.3 Å². The molecule has 1 aliphatic heterocycles. The number of rotatable bonds is 1. The number of ether oxygens (including phenoxy) is 1. The molecule has 1 heterocycles. The lowest BCUT2D eigenvalue weighted by atomic mass is 9.91. The standard InChI is InChI=1S/C7H12O2/c1-7(2)3-6(4-8)9-5-7/h4,6H,3,5H2,1-2H3/t6-/m0/s1. The van der Waals surface area contributed by atoms with Crippen LogP contribution in [0.2, 0.25) is 0 Å². The Balaban J connectivity index is 2.47. The molecule has 9 heavy (non-hydrogen) atoms. The van der Waals surface area contributed by atoms with Gasteiger partial charge in [-0.25, -0.2) is 0 Å². The zero-order chi connectivity index (χ0) is 6.91. The molecule has 0 saturated carbocycles. The number of hydrogen-bond acceptors (Lipinski definition) is 2. The minimum absolute atomic E-state index is 0.139. The van der Waals surface area contributed by atoms with Crippen LogP contribution in [0.3, 0.4) is 0 Å². The van der Waals surface area contributed by atoms with Crippen molar-refractivity contribution in [1.29, 1.82) is 0 Å². The lowest BCUT2D eigenvalue weighted by Gasteiger charge is -2.11. The summed E-state index contributed by atoms with van der Waals surface area (Å²) in [6.45, 7) is 4.93. The van der Waals surface area contributed by atoms with Gasteiger partial charge in [0.25, 0.3) is 0 Å². The van der Waals surface area contributed by atoms with Crippen molar-refractivity contribution >= 4 is 6.29 Å². The minimum Gasteiger partial charge on any atom is -0.370 e. The summed E-state index contributed by atoms with van der Waals surface area (Å²) in [5.74, 6) is 0. The second-order valence-corrected chi connectivity index (χ2v) is 3.35. The third kappa shape index (κ3) is 1.52. The quantitative estimate of drug-likeness (QED) is 0.492. The van der Waals surface area contributed by atoms with Crippen molar-refractivity contribution in [2.45, 2.75) is 26.4 Å². The van der Waals surface area contributed by atoms with Crippen molar-refractivity contribution in [1.82, 2.24) is 0 Å². The summed E-state index contributed by atoms with van der Waals surface area (Å²) in [5.41, 5.74) is 0.214. The van der Waals surface area contributed by atoms with Gasteiger partial charge >= 0.3 is 0 Å². The molecule has 1 aliphatic rings. The maximum atomic E-state index is 10.2. The van der Waals surface area contributed by atoms with Crippen LogP contribution in [0, 0.1) is 5.41 Å². The molecule has 0 unspecified atom stereocenters. The first-order valence-corrected chi connectivity index (χ1v) is 3.21. The summed E-state index contributed by atoms with van der Waals surface area (Å²) in [6, 6.07) is 0. The SMILES string of the molecule is CC1(C)CO[C@H](C=O)C1. The average Bonchev–Trinajstić information content (AvgIpc) is 2.10. The number of carbonyl (C=O) groups excluding carboxylic acids is 1. The zero-order valence-electron chi connectivity index (χ0n) is 5.89. The van der Waals surface area contributed by atoms with Gasteiger partial charge < -0.3 is 9.53 Å². The number of aldehydes is 1. The Bertz CT molecular complexity index is 118. The third-order valence-electron chi connectivity index (χ3n) is 1.59. The maximum Gasteiger partial charge on any atom is 0.148 e. The first kappa shape index (κ1) is 6.75. The van der Waals surface area contributed by atoms with Crippen molar-refractivity contribution < 1.29 is 9.53 Å². The molecule has 0 aromatic carbocycles. The summed E-state index contributed by atoms with van der Waals surface area (Å²) in [7, 11) is 0. The second-order valence-electron chi connectivity index (χ2n) is 3.35. The van der Waals surface area contributed by atoms with Crippen molar-refractivity contribution in [3.05, 3.63) is 0 Å². The van der Waals surface area contributed by atoms with E-state index in [1.807, 2.05) is 0 Å². The fourth-order valence-electron chi connectivity index (χ4n) is 1.08. The molecule has 0 aliphatic carbocycles. The molecule has 52 valence electrons. The first-order chi connectivity index (χ1) is 4.14. The smallest absolute Gasteiger partial charge is 0.148 e. The monoisotopic (exact) mass is 128 g/mol. The van der Waals surface area contributed by atoms with E-state index in [1.54, 1.807) is 0 Å². The van der Waals surface area contributed by atoms with Crippen LogP contribution >= 0.6 is 0 Å². The molecule has 1 atom stereocenters. The van der Waals surface area contributed by atoms with Gasteiger partial charge in [-0.15, -0.1) is 0 Å². The molecular formula is C7H12O2. The van der Waals surface area contributed by atoms with Crippen LogP contribution in [0.4, 0.5) is 0 Å². The first-order valence-electron chi connectivity index (χ1n) is 3.21. The molecule has 1 saturated heterocycles. The molecule has 1 fully saturated rings. The Morgan fingerprint density at radius 3 is 2.56 bits per heavy atom. The minimum atomic E-state index is -0.139. The van der Waals surface area contributed by atoms with Gasteiger partial charge in [0.15, 0.2) is 0 Å². The molecular weight excluding hydrogens is 116 g/mol. The normalized spacial score (nSPS) is 32.4. The summed E-state index contributed by atoms with van der Waals surface area (Å²) in [4.78, 5) is 10.2. The molecule has 0 amide bonds. The number of carbonyl (C=O) groups is 1. The van der Waals surface area contributed by atoms with Crippen molar-refractivity contribution in [2.24, 2.45) is 5.41 Å². The molecule has 2 heteroatoms. The Morgan fingerprint density at radius 2 is 2.33 bits per heavy atom. The zero-order valence-corrected chi connectivity index (χ0v) is 5.89. The van der Waals surface area contributed by atoms with E-state index in [-0.39, 0.29) is 11.5 Å². The highest BCUT2D eigenvalue weighted by Crippen LogP contribution is 2.29. The van der Waals surface area contributed by atoms with Gasteiger partial charge in [0.1, 0.15) is 12.4 Å². The largest absolute Gasteiger partial charge is 0.370 e. The predicted octanol–water partition coefficient (Wildman–Crippen LogP) is 1.00. The van der Waals surface area contributed by atoms with Gasteiger partial charge in [0.2, 0.25) is 0 Å². The van der Waals surface area contributed by atoms with E-state index in [1.165, 1.54) is 0 Å². The van der Waals surface area contributed by atoms with E-state index < -0.39 is 0 Å². The van der Waals surface area contributed by atoms with Crippen molar-refractivity contribution in [3.8, 4) is 0 Å². The lowest BCUT2D eigenvalue weighted by molar-refractivity contribution is -0.115. The van der Waals surface area contributed by atoms with Gasteiger partial charge in [-0.2, -0.15) is 0 Å². The molecule has 1 rings (SSSR count). The second kappa shape index (κ2) is 2.10. The van der Waals surface area contributed by atoms with Crippen LogP contribution in [-0.4, -0.2) is 19.0 Å². The molecule has 0 aromatic rings. The Kier molecular flexibility index (Phi) is 1.58. The van der Waals surface area contributed by atoms with Crippen LogP contribution in [0.1, 0.15) is 20.3 Å². The molecule has 2 nitrogen and oxygen atoms in total. The van der Waals surface area contributed by atoms with Gasteiger partial charge in [0.05, 0.1) is 6.61 Å². The maximum absolute atomic E-state index is 10.2. The number of hydrogen-bond donors (Lipinski definition) is 0. The highest BCUT2D eigenvalue weighted by molar-refractivity contribution is 5.56. The van der Waals surface area contributed by atoms with Crippen LogP contribution in [0.15, 0.2) is 0 Å². The van der Waals surface area contributed by atoms with Gasteiger partial charge in [0, 0.05) is 0 Å². The topological polar surface area (TPSA) is 26.3 Å². The van der Waals surface area contributed by atoms with Gasteiger partial charge in [-0.3, -0.25) is 0 Å². The van der Waals surface area contributed by atoms with Crippen LogP contribution in [-0.2, 0) is 9.53 Å². The van der Waals surface area contributed by atoms with Crippen molar-refractivity contribution in [2.75, 3.05) is 6.61 Å². The van der Waals surface area contributed by atoms with Crippen molar-refractivity contribution in [3.63, 3.8) is 0 Å². The highest BCUT2D eigenvalue weighted by atomic mass is 16.5. The van der Waals surface area contributed by atoms with E-state index in [4.69, 9.17) is 4.74 Å². The molecule has 0 bridgehead atoms. The summed E-state index contributed by atoms with van der Waals surface area (Å²) < 4.78 is 5.15. The predicted molar refractivity (Wildman–Crippen MR) is 34.2 cm³/mol. The molecule has 0 radical (unpaired) electrons. The average molecular weight is 128 g/mol. The fourth-order valence-corrected chi connectivity index (χ4v) is 1.08. The summed E-state index contributed by atoms with van der Waals surface area (Å²) in [5, 5.41) is 0. The van der Waals surface area contributed by atoms with E-state index in [9.17, 15) is 4.79 Å². The third-order valence-corrected chi connectivity index (χ3v) is 1.59. The lowest BCUT2D eigenvalue weighted by Crippen LogP contribution is -2.10. The van der Waals surface area contributed by atoms with Crippen LogP contribution < -0.4 is 0 Å². The highest BCUT2D eigenvalue weighted by Gasteiger charge is 2.31. The Hall–Kier alpha value is -0.370. The molecule has 0 aromatic heterocycles. The van der Waals surface area contributed by atoms with E-state index >= 15 is 0 Å². The summed E-state index contributed by atoms with van der Waals surface area (Å²) in [6.07, 6.45) is 1.62. The van der Waals surface area contributed by atoms with Gasteiger partial charge in [-0.05, 0) is 11.8 Å². The van der Waals surface area contributed by atoms with Crippen LogP contribution in [0.5, 0.6) is 0 Å². The van der Waals surface area contributed by atoms with E-state index in [0.29, 0.717) is 0 Å².